The van der Waals surface area contributed by atoms with Gasteiger partial charge < -0.3 is 19.9 Å². The maximum absolute atomic E-state index is 12.6. The van der Waals surface area contributed by atoms with Crippen LogP contribution in [0.4, 0.5) is 10.5 Å². The molecule has 0 fully saturated rings. The number of para-hydroxylation sites is 1. The van der Waals surface area contributed by atoms with E-state index in [9.17, 15) is 4.79 Å². The van der Waals surface area contributed by atoms with Crippen molar-refractivity contribution in [1.29, 1.82) is 0 Å². The van der Waals surface area contributed by atoms with Gasteiger partial charge in [0.15, 0.2) is 0 Å². The average Bonchev–Trinajstić information content (AvgIpc) is 3.07. The molecule has 0 aliphatic heterocycles. The van der Waals surface area contributed by atoms with Crippen LogP contribution in [0.5, 0.6) is 5.75 Å². The van der Waals surface area contributed by atoms with Crippen molar-refractivity contribution in [2.75, 3.05) is 12.4 Å². The molecule has 2 N–H and O–H groups in total. The van der Waals surface area contributed by atoms with E-state index in [4.69, 9.17) is 16.3 Å². The van der Waals surface area contributed by atoms with E-state index in [-0.39, 0.29) is 6.03 Å². The Bertz CT molecular complexity index is 893. The summed E-state index contributed by atoms with van der Waals surface area (Å²) in [5, 5.41) is 6.38. The highest BCUT2D eigenvalue weighted by Crippen LogP contribution is 2.29. The number of hydrogen-bond donors (Lipinski definition) is 2. The van der Waals surface area contributed by atoms with Crippen LogP contribution in [-0.2, 0) is 7.05 Å². The summed E-state index contributed by atoms with van der Waals surface area (Å²) in [6.07, 6.45) is 3.52. The maximum atomic E-state index is 12.6. The molecule has 3 rings (SSSR count). The number of imidazole rings is 1. The summed E-state index contributed by atoms with van der Waals surface area (Å²) < 4.78 is 7.31. The molecule has 0 aliphatic carbocycles. The molecule has 7 heteroatoms. The molecule has 1 aromatic heterocycles. The van der Waals surface area contributed by atoms with E-state index in [1.54, 1.807) is 37.6 Å². The smallest absolute Gasteiger partial charge is 0.320 e. The van der Waals surface area contributed by atoms with Gasteiger partial charge in [-0.15, -0.1) is 0 Å². The van der Waals surface area contributed by atoms with Crippen molar-refractivity contribution in [3.63, 3.8) is 0 Å². The molecule has 0 aliphatic rings. The van der Waals surface area contributed by atoms with Crippen LogP contribution in [0, 0.1) is 0 Å². The minimum atomic E-state index is -0.474. The second-order valence-corrected chi connectivity index (χ2v) is 6.11. The molecule has 1 heterocycles. The lowest BCUT2D eigenvalue weighted by atomic mass is 10.0. The number of urea groups is 1. The number of ether oxygens (including phenoxy) is 1. The number of benzene rings is 2. The van der Waals surface area contributed by atoms with Crippen LogP contribution >= 0.6 is 11.6 Å². The van der Waals surface area contributed by atoms with Gasteiger partial charge in [0, 0.05) is 35.7 Å². The molecule has 26 heavy (non-hydrogen) atoms. The Balaban J connectivity index is 1.88. The number of nitrogens with zero attached hydrogens (tertiary/aromatic N) is 2. The van der Waals surface area contributed by atoms with Gasteiger partial charge in [-0.3, -0.25) is 0 Å². The first-order valence-corrected chi connectivity index (χ1v) is 8.39. The predicted octanol–water partition coefficient (Wildman–Crippen LogP) is 3.99. The summed E-state index contributed by atoms with van der Waals surface area (Å²) in [4.78, 5) is 16.9. The number of halogens is 1. The summed E-state index contributed by atoms with van der Waals surface area (Å²) in [6, 6.07) is 13.6. The van der Waals surface area contributed by atoms with Crippen LogP contribution in [-0.4, -0.2) is 22.7 Å². The van der Waals surface area contributed by atoms with Gasteiger partial charge in [0.25, 0.3) is 0 Å². The molecule has 0 unspecified atom stereocenters. The molecule has 0 spiro atoms. The van der Waals surface area contributed by atoms with E-state index in [1.807, 2.05) is 42.1 Å². The van der Waals surface area contributed by atoms with E-state index in [0.29, 0.717) is 22.3 Å². The number of nitrogens with one attached hydrogen (secondary N) is 2. The molecule has 3 aromatic rings. The van der Waals surface area contributed by atoms with Gasteiger partial charge in [0.2, 0.25) is 0 Å². The molecule has 1 atom stereocenters. The van der Waals surface area contributed by atoms with E-state index in [1.165, 1.54) is 0 Å². The highest BCUT2D eigenvalue weighted by molar-refractivity contribution is 6.30. The van der Waals surface area contributed by atoms with Crippen LogP contribution in [0.1, 0.15) is 17.4 Å². The number of amides is 2. The topological polar surface area (TPSA) is 68.2 Å². The number of methoxy groups -OCH3 is 1. The normalized spacial score (nSPS) is 11.7. The number of carbonyl (C=O) groups is 1. The zero-order valence-corrected chi connectivity index (χ0v) is 15.2. The van der Waals surface area contributed by atoms with Gasteiger partial charge in [-0.05, 0) is 30.3 Å². The highest BCUT2D eigenvalue weighted by Gasteiger charge is 2.23. The zero-order valence-electron chi connectivity index (χ0n) is 14.4. The first-order valence-electron chi connectivity index (χ1n) is 8.01. The van der Waals surface area contributed by atoms with Crippen LogP contribution in [0.15, 0.2) is 60.9 Å². The molecule has 0 saturated heterocycles. The number of rotatable bonds is 5. The maximum Gasteiger partial charge on any atom is 0.320 e. The van der Waals surface area contributed by atoms with E-state index in [0.717, 1.165) is 5.56 Å². The van der Waals surface area contributed by atoms with Crippen molar-refractivity contribution < 1.29 is 9.53 Å². The molecule has 0 saturated carbocycles. The van der Waals surface area contributed by atoms with Gasteiger partial charge in [0.05, 0.1) is 7.11 Å². The van der Waals surface area contributed by atoms with Crippen molar-refractivity contribution in [2.45, 2.75) is 6.04 Å². The lowest BCUT2D eigenvalue weighted by Crippen LogP contribution is -2.34. The second kappa shape index (κ2) is 7.93. The van der Waals surface area contributed by atoms with Crippen LogP contribution in [0.2, 0.25) is 5.02 Å². The van der Waals surface area contributed by atoms with Gasteiger partial charge >= 0.3 is 6.03 Å². The number of anilines is 1. The van der Waals surface area contributed by atoms with Gasteiger partial charge in [-0.1, -0.05) is 29.8 Å². The van der Waals surface area contributed by atoms with Crippen molar-refractivity contribution in [2.24, 2.45) is 7.05 Å². The largest absolute Gasteiger partial charge is 0.496 e. The second-order valence-electron chi connectivity index (χ2n) is 5.68. The van der Waals surface area contributed by atoms with Crippen molar-refractivity contribution in [1.82, 2.24) is 14.9 Å². The van der Waals surface area contributed by atoms with Crippen molar-refractivity contribution >= 4 is 23.3 Å². The summed E-state index contributed by atoms with van der Waals surface area (Å²) >= 11 is 5.88. The minimum Gasteiger partial charge on any atom is -0.496 e. The van der Waals surface area contributed by atoms with E-state index in [2.05, 4.69) is 15.6 Å². The van der Waals surface area contributed by atoms with E-state index >= 15 is 0 Å². The minimum absolute atomic E-state index is 0.355. The van der Waals surface area contributed by atoms with E-state index < -0.39 is 6.04 Å². The first kappa shape index (κ1) is 17.8. The van der Waals surface area contributed by atoms with Crippen LogP contribution in [0.3, 0.4) is 0 Å². The summed E-state index contributed by atoms with van der Waals surface area (Å²) in [6.45, 7) is 0. The average molecular weight is 371 g/mol. The highest BCUT2D eigenvalue weighted by atomic mass is 35.5. The first-order chi connectivity index (χ1) is 12.6. The molecule has 2 amide bonds. The lowest BCUT2D eigenvalue weighted by Gasteiger charge is -2.21. The third kappa shape index (κ3) is 3.97. The number of aryl methyl sites for hydroxylation is 1. The van der Waals surface area contributed by atoms with Crippen molar-refractivity contribution in [3.05, 3.63) is 77.3 Å². The quantitative estimate of drug-likeness (QED) is 0.713. The van der Waals surface area contributed by atoms with Crippen LogP contribution in [0.25, 0.3) is 0 Å². The molecule has 0 bridgehead atoms. The van der Waals surface area contributed by atoms with Crippen LogP contribution < -0.4 is 15.4 Å². The lowest BCUT2D eigenvalue weighted by molar-refractivity contribution is 0.249. The molecular formula is C19H19ClN4O2. The third-order valence-electron chi connectivity index (χ3n) is 3.94. The van der Waals surface area contributed by atoms with Gasteiger partial charge in [-0.2, -0.15) is 0 Å². The Kier molecular flexibility index (Phi) is 5.43. The fourth-order valence-electron chi connectivity index (χ4n) is 2.67. The van der Waals surface area contributed by atoms with Crippen molar-refractivity contribution in [3.8, 4) is 5.75 Å². The van der Waals surface area contributed by atoms with Gasteiger partial charge in [-0.25, -0.2) is 9.78 Å². The monoisotopic (exact) mass is 370 g/mol. The summed E-state index contributed by atoms with van der Waals surface area (Å²) in [5.41, 5.74) is 1.46. The SMILES string of the molecule is COc1ccccc1[C@H](NC(=O)Nc1ccc(Cl)cc1)c1nccn1C. The van der Waals surface area contributed by atoms with Gasteiger partial charge in [0.1, 0.15) is 17.6 Å². The fraction of sp³-hybridized carbons (Fsp3) is 0.158. The zero-order chi connectivity index (χ0) is 18.5. The number of aromatic nitrogens is 2. The Hall–Kier alpha value is -2.99. The standard InChI is InChI=1S/C19H19ClN4O2/c1-24-12-11-21-18(24)17(15-5-3-4-6-16(15)26-2)23-19(25)22-14-9-7-13(20)8-10-14/h3-12,17H,1-2H3,(H2,22,23,25)/t17-/m0/s1. The third-order valence-corrected chi connectivity index (χ3v) is 4.20. The Morgan fingerprint density at radius 3 is 2.58 bits per heavy atom. The molecule has 134 valence electrons. The molecular weight excluding hydrogens is 352 g/mol. The number of hydrogen-bond acceptors (Lipinski definition) is 3. The fourth-order valence-corrected chi connectivity index (χ4v) is 2.80. The Morgan fingerprint density at radius 2 is 1.92 bits per heavy atom. The predicted molar refractivity (Wildman–Crippen MR) is 102 cm³/mol. The summed E-state index contributed by atoms with van der Waals surface area (Å²) in [7, 11) is 3.48. The molecule has 0 radical (unpaired) electrons. The molecule has 2 aromatic carbocycles. The Labute approximate surface area is 156 Å². The summed E-state index contributed by atoms with van der Waals surface area (Å²) in [5.74, 6) is 1.37. The number of carbonyl (C=O) groups excluding carboxylic acids is 1. The Morgan fingerprint density at radius 1 is 1.19 bits per heavy atom. The molecule has 6 nitrogen and oxygen atoms in total.